The van der Waals surface area contributed by atoms with Gasteiger partial charge in [-0.3, -0.25) is 4.79 Å². The summed E-state index contributed by atoms with van der Waals surface area (Å²) in [6.07, 6.45) is 6.05. The summed E-state index contributed by atoms with van der Waals surface area (Å²) in [4.78, 5) is 11.4. The van der Waals surface area contributed by atoms with Crippen molar-refractivity contribution >= 4 is 5.78 Å². The van der Waals surface area contributed by atoms with Crippen LogP contribution in [0.15, 0.2) is 12.2 Å². The van der Waals surface area contributed by atoms with Crippen molar-refractivity contribution in [3.05, 3.63) is 12.2 Å². The van der Waals surface area contributed by atoms with E-state index >= 15 is 0 Å². The van der Waals surface area contributed by atoms with E-state index in [0.29, 0.717) is 11.7 Å². The molecule has 2 bridgehead atoms. The van der Waals surface area contributed by atoms with Gasteiger partial charge in [-0.15, -0.1) is 0 Å². The van der Waals surface area contributed by atoms with Crippen LogP contribution in [-0.2, 0) is 4.79 Å². The third-order valence-electron chi connectivity index (χ3n) is 3.52. The predicted octanol–water partition coefficient (Wildman–Crippen LogP) is 2.18. The molecule has 0 aromatic heterocycles. The molecular weight excluding hydrogens is 136 g/mol. The van der Waals surface area contributed by atoms with Crippen LogP contribution in [0.25, 0.3) is 0 Å². The van der Waals surface area contributed by atoms with Gasteiger partial charge < -0.3 is 0 Å². The van der Waals surface area contributed by atoms with E-state index in [0.717, 1.165) is 18.8 Å². The second-order valence-corrected chi connectivity index (χ2v) is 4.35. The molecule has 11 heavy (non-hydrogen) atoms. The van der Waals surface area contributed by atoms with Gasteiger partial charge in [0.2, 0.25) is 0 Å². The summed E-state index contributed by atoms with van der Waals surface area (Å²) >= 11 is 0. The van der Waals surface area contributed by atoms with Gasteiger partial charge >= 0.3 is 0 Å². The minimum atomic E-state index is 0.278. The normalized spacial score (nSPS) is 39.6. The maximum absolute atomic E-state index is 11.4. The van der Waals surface area contributed by atoms with Crippen molar-refractivity contribution in [3.8, 4) is 0 Å². The highest BCUT2D eigenvalue weighted by Crippen LogP contribution is 2.54. The highest BCUT2D eigenvalue weighted by Gasteiger charge is 2.50. The van der Waals surface area contributed by atoms with Crippen LogP contribution in [0.2, 0.25) is 0 Å². The van der Waals surface area contributed by atoms with E-state index < -0.39 is 0 Å². The fraction of sp³-hybridized carbons (Fsp3) is 0.700. The first-order valence-electron chi connectivity index (χ1n) is 4.33. The molecule has 0 heterocycles. The second-order valence-electron chi connectivity index (χ2n) is 4.35. The van der Waals surface area contributed by atoms with E-state index in [4.69, 9.17) is 0 Å². The molecule has 0 spiro atoms. The van der Waals surface area contributed by atoms with E-state index in [9.17, 15) is 4.79 Å². The number of ketones is 1. The Bertz CT molecular complexity index is 225. The molecule has 0 N–H and O–H groups in total. The SMILES string of the molecule is CC1(C)C2CC=CC(=O)C1C2. The molecule has 1 saturated carbocycles. The van der Waals surface area contributed by atoms with Crippen molar-refractivity contribution in [2.45, 2.75) is 26.7 Å². The van der Waals surface area contributed by atoms with E-state index in [1.165, 1.54) is 0 Å². The highest BCUT2D eigenvalue weighted by molar-refractivity contribution is 5.93. The minimum absolute atomic E-state index is 0.278. The Kier molecular flexibility index (Phi) is 1.26. The molecule has 0 aliphatic heterocycles. The molecule has 0 aromatic carbocycles. The Morgan fingerprint density at radius 1 is 1.55 bits per heavy atom. The Balaban J connectivity index is 2.30. The zero-order valence-electron chi connectivity index (χ0n) is 7.13. The van der Waals surface area contributed by atoms with E-state index in [1.54, 1.807) is 6.08 Å². The first kappa shape index (κ1) is 7.08. The number of hydrogen-bond donors (Lipinski definition) is 0. The van der Waals surface area contributed by atoms with Gasteiger partial charge in [0.05, 0.1) is 0 Å². The Morgan fingerprint density at radius 2 is 2.27 bits per heavy atom. The summed E-state index contributed by atoms with van der Waals surface area (Å²) in [5.41, 5.74) is 0.278. The number of carbonyl (C=O) groups excluding carboxylic acids is 1. The molecule has 0 aromatic rings. The third kappa shape index (κ3) is 0.800. The van der Waals surface area contributed by atoms with Crippen LogP contribution in [0.4, 0.5) is 0 Å². The molecule has 3 aliphatic rings. The van der Waals surface area contributed by atoms with Crippen LogP contribution in [0.3, 0.4) is 0 Å². The zero-order chi connectivity index (χ0) is 8.06. The summed E-state index contributed by atoms with van der Waals surface area (Å²) in [6, 6.07) is 0. The predicted molar refractivity (Wildman–Crippen MR) is 44.1 cm³/mol. The largest absolute Gasteiger partial charge is 0.295 e. The Morgan fingerprint density at radius 3 is 2.91 bits per heavy atom. The van der Waals surface area contributed by atoms with Crippen molar-refractivity contribution < 1.29 is 4.79 Å². The molecule has 0 radical (unpaired) electrons. The quantitative estimate of drug-likeness (QED) is 0.517. The molecule has 2 unspecified atom stereocenters. The van der Waals surface area contributed by atoms with Gasteiger partial charge in [-0.2, -0.15) is 0 Å². The number of carbonyl (C=O) groups is 1. The number of rotatable bonds is 0. The van der Waals surface area contributed by atoms with Crippen molar-refractivity contribution in [2.24, 2.45) is 17.3 Å². The Labute approximate surface area is 67.5 Å². The van der Waals surface area contributed by atoms with Crippen LogP contribution in [0.5, 0.6) is 0 Å². The maximum Gasteiger partial charge on any atom is 0.158 e. The Hall–Kier alpha value is -0.590. The van der Waals surface area contributed by atoms with Gasteiger partial charge in [0, 0.05) is 5.92 Å². The molecule has 0 saturated heterocycles. The van der Waals surface area contributed by atoms with Crippen LogP contribution in [0, 0.1) is 17.3 Å². The minimum Gasteiger partial charge on any atom is -0.295 e. The molecule has 1 heteroatoms. The summed E-state index contributed by atoms with van der Waals surface area (Å²) in [5, 5.41) is 0. The molecule has 2 atom stereocenters. The molecule has 1 fully saturated rings. The van der Waals surface area contributed by atoms with Gasteiger partial charge in [0.15, 0.2) is 5.78 Å². The molecule has 3 aliphatic carbocycles. The van der Waals surface area contributed by atoms with Crippen molar-refractivity contribution in [1.29, 1.82) is 0 Å². The van der Waals surface area contributed by atoms with Gasteiger partial charge in [0.25, 0.3) is 0 Å². The molecular formula is C10H14O. The number of allylic oxidation sites excluding steroid dienone is 2. The smallest absolute Gasteiger partial charge is 0.158 e. The van der Waals surface area contributed by atoms with Gasteiger partial charge in [-0.05, 0) is 30.3 Å². The van der Waals surface area contributed by atoms with Crippen LogP contribution in [0.1, 0.15) is 26.7 Å². The zero-order valence-corrected chi connectivity index (χ0v) is 7.13. The topological polar surface area (TPSA) is 17.1 Å². The lowest BCUT2D eigenvalue weighted by Crippen LogP contribution is -2.46. The first-order chi connectivity index (χ1) is 5.12. The highest BCUT2D eigenvalue weighted by atomic mass is 16.1. The molecule has 3 rings (SSSR count). The fourth-order valence-corrected chi connectivity index (χ4v) is 2.36. The lowest BCUT2D eigenvalue weighted by molar-refractivity contribution is -0.131. The van der Waals surface area contributed by atoms with Gasteiger partial charge in [-0.25, -0.2) is 0 Å². The van der Waals surface area contributed by atoms with Crippen LogP contribution >= 0.6 is 0 Å². The lowest BCUT2D eigenvalue weighted by atomic mass is 9.54. The summed E-state index contributed by atoms with van der Waals surface area (Å²) in [7, 11) is 0. The summed E-state index contributed by atoms with van der Waals surface area (Å²) in [6.45, 7) is 4.44. The lowest BCUT2D eigenvalue weighted by Gasteiger charge is -2.49. The van der Waals surface area contributed by atoms with Crippen molar-refractivity contribution in [2.75, 3.05) is 0 Å². The maximum atomic E-state index is 11.4. The molecule has 60 valence electrons. The second kappa shape index (κ2) is 1.96. The average molecular weight is 150 g/mol. The number of fused-ring (bicyclic) bond motifs is 2. The van der Waals surface area contributed by atoms with Gasteiger partial charge in [0.1, 0.15) is 0 Å². The average Bonchev–Trinajstić information content (AvgIpc) is 2.17. The van der Waals surface area contributed by atoms with E-state index in [-0.39, 0.29) is 5.41 Å². The fourth-order valence-electron chi connectivity index (χ4n) is 2.36. The van der Waals surface area contributed by atoms with Crippen LogP contribution < -0.4 is 0 Å². The monoisotopic (exact) mass is 150 g/mol. The van der Waals surface area contributed by atoms with Crippen LogP contribution in [-0.4, -0.2) is 5.78 Å². The van der Waals surface area contributed by atoms with E-state index in [1.807, 2.05) is 6.08 Å². The number of hydrogen-bond acceptors (Lipinski definition) is 1. The molecule has 1 nitrogen and oxygen atoms in total. The molecule has 0 amide bonds. The first-order valence-corrected chi connectivity index (χ1v) is 4.33. The summed E-state index contributed by atoms with van der Waals surface area (Å²) in [5.74, 6) is 1.44. The van der Waals surface area contributed by atoms with E-state index in [2.05, 4.69) is 13.8 Å². The van der Waals surface area contributed by atoms with Gasteiger partial charge in [-0.1, -0.05) is 19.9 Å². The summed E-state index contributed by atoms with van der Waals surface area (Å²) < 4.78 is 0. The third-order valence-corrected chi connectivity index (χ3v) is 3.52. The van der Waals surface area contributed by atoms with Crippen molar-refractivity contribution in [3.63, 3.8) is 0 Å². The van der Waals surface area contributed by atoms with Crippen molar-refractivity contribution in [1.82, 2.24) is 0 Å². The standard InChI is InChI=1S/C10H14O/c1-10(2)7-4-3-5-9(11)8(10)6-7/h3,5,7-8H,4,6H2,1-2H3.